The lowest BCUT2D eigenvalue weighted by Gasteiger charge is -2.24. The molecule has 1 aliphatic rings. The van der Waals surface area contributed by atoms with Crippen molar-refractivity contribution in [3.8, 4) is 0 Å². The van der Waals surface area contributed by atoms with Crippen molar-refractivity contribution in [3.63, 3.8) is 0 Å². The molecule has 1 atom stereocenters. The minimum atomic E-state index is -0.00643. The smallest absolute Gasteiger partial charge is 0.239 e. The van der Waals surface area contributed by atoms with Crippen LogP contribution in [0.15, 0.2) is 30.3 Å². The molecule has 0 saturated heterocycles. The van der Waals surface area contributed by atoms with Crippen LogP contribution in [-0.2, 0) is 11.2 Å². The Morgan fingerprint density at radius 1 is 1.32 bits per heavy atom. The summed E-state index contributed by atoms with van der Waals surface area (Å²) in [4.78, 5) is 11.9. The Labute approximate surface area is 111 Å². The van der Waals surface area contributed by atoms with Gasteiger partial charge in [-0.1, -0.05) is 37.3 Å². The summed E-state index contributed by atoms with van der Waals surface area (Å²) in [6.07, 6.45) is 2.22. The quantitative estimate of drug-likeness (QED) is 0.911. The first-order valence-corrected chi connectivity index (χ1v) is 6.58. The van der Waals surface area contributed by atoms with Gasteiger partial charge in [0.25, 0.3) is 0 Å². The van der Waals surface area contributed by atoms with E-state index in [1.165, 1.54) is 0 Å². The maximum absolute atomic E-state index is 11.9. The monoisotopic (exact) mass is 256 g/mol. The van der Waals surface area contributed by atoms with E-state index in [1.807, 2.05) is 30.3 Å². The Kier molecular flexibility index (Phi) is 3.03. The number of amides is 1. The molecule has 3 rings (SSSR count). The largest absolute Gasteiger partial charge is 0.273 e. The number of carbonyl (C=O) groups excluding carboxylic acids is 1. The summed E-state index contributed by atoms with van der Waals surface area (Å²) < 4.78 is 1.76. The van der Waals surface area contributed by atoms with E-state index in [4.69, 9.17) is 0 Å². The molecule has 0 fully saturated rings. The molecular weight excluding hydrogens is 240 g/mol. The summed E-state index contributed by atoms with van der Waals surface area (Å²) in [7, 11) is 0. The Morgan fingerprint density at radius 2 is 2.11 bits per heavy atom. The van der Waals surface area contributed by atoms with E-state index in [9.17, 15) is 4.79 Å². The van der Waals surface area contributed by atoms with Crippen molar-refractivity contribution in [1.82, 2.24) is 14.9 Å². The molecule has 0 radical (unpaired) electrons. The number of nitrogens with one attached hydrogen (secondary N) is 1. The first-order valence-electron chi connectivity index (χ1n) is 6.58. The zero-order valence-electron chi connectivity index (χ0n) is 10.8. The third-order valence-electron chi connectivity index (χ3n) is 3.37. The van der Waals surface area contributed by atoms with Gasteiger partial charge in [0, 0.05) is 12.8 Å². The number of benzene rings is 1. The van der Waals surface area contributed by atoms with Crippen LogP contribution in [0.4, 0.5) is 0 Å². The SMILES string of the molecule is CCCc1nnc2n1NC(=O)CC2c1ccccc1. The second-order valence-electron chi connectivity index (χ2n) is 4.76. The average molecular weight is 256 g/mol. The molecule has 0 saturated carbocycles. The van der Waals surface area contributed by atoms with E-state index < -0.39 is 0 Å². The van der Waals surface area contributed by atoms with Crippen LogP contribution in [0.5, 0.6) is 0 Å². The van der Waals surface area contributed by atoms with E-state index in [-0.39, 0.29) is 11.8 Å². The molecule has 1 aliphatic heterocycles. The van der Waals surface area contributed by atoms with E-state index >= 15 is 0 Å². The molecular formula is C14H16N4O. The highest BCUT2D eigenvalue weighted by Crippen LogP contribution is 2.29. The van der Waals surface area contributed by atoms with Gasteiger partial charge in [-0.25, -0.2) is 4.68 Å². The maximum Gasteiger partial charge on any atom is 0.239 e. The number of fused-ring (bicyclic) bond motifs is 1. The van der Waals surface area contributed by atoms with Gasteiger partial charge in [-0.2, -0.15) is 0 Å². The molecule has 1 unspecified atom stereocenters. The lowest BCUT2D eigenvalue weighted by atomic mass is 9.93. The van der Waals surface area contributed by atoms with Crippen LogP contribution in [0, 0.1) is 0 Å². The number of carbonyl (C=O) groups is 1. The topological polar surface area (TPSA) is 59.8 Å². The van der Waals surface area contributed by atoms with Gasteiger partial charge in [0.05, 0.1) is 5.92 Å². The van der Waals surface area contributed by atoms with Crippen LogP contribution >= 0.6 is 0 Å². The average Bonchev–Trinajstić information content (AvgIpc) is 2.83. The van der Waals surface area contributed by atoms with Gasteiger partial charge in [0.2, 0.25) is 5.91 Å². The van der Waals surface area contributed by atoms with Crippen molar-refractivity contribution in [3.05, 3.63) is 47.5 Å². The van der Waals surface area contributed by atoms with Crippen LogP contribution in [-0.4, -0.2) is 20.8 Å². The molecule has 0 spiro atoms. The normalized spacial score (nSPS) is 17.9. The van der Waals surface area contributed by atoms with Gasteiger partial charge in [0.15, 0.2) is 11.6 Å². The van der Waals surface area contributed by atoms with Crippen molar-refractivity contribution >= 4 is 5.91 Å². The van der Waals surface area contributed by atoms with Crippen molar-refractivity contribution < 1.29 is 4.79 Å². The van der Waals surface area contributed by atoms with Crippen LogP contribution in [0.1, 0.15) is 42.9 Å². The lowest BCUT2D eigenvalue weighted by Crippen LogP contribution is -2.34. The molecule has 0 aliphatic carbocycles. The molecule has 1 N–H and O–H groups in total. The molecule has 5 heteroatoms. The highest BCUT2D eigenvalue weighted by atomic mass is 16.2. The minimum absolute atomic E-state index is 0.00643. The number of nitrogens with zero attached hydrogens (tertiary/aromatic N) is 3. The van der Waals surface area contributed by atoms with E-state index in [0.717, 1.165) is 30.1 Å². The standard InChI is InChI=1S/C14H16N4O/c1-2-6-12-15-16-14-11(9-13(19)17-18(12)14)10-7-4-3-5-8-10/h3-5,7-8,11H,2,6,9H2,1H3,(H,17,19). The van der Waals surface area contributed by atoms with Crippen molar-refractivity contribution in [1.29, 1.82) is 0 Å². The summed E-state index contributed by atoms with van der Waals surface area (Å²) in [6.45, 7) is 2.08. The summed E-state index contributed by atoms with van der Waals surface area (Å²) in [6, 6.07) is 9.99. The van der Waals surface area contributed by atoms with Crippen LogP contribution < -0.4 is 5.43 Å². The molecule has 1 aromatic heterocycles. The fraction of sp³-hybridized carbons (Fsp3) is 0.357. The lowest BCUT2D eigenvalue weighted by molar-refractivity contribution is -0.118. The molecule has 1 aromatic carbocycles. The van der Waals surface area contributed by atoms with Crippen molar-refractivity contribution in [2.75, 3.05) is 5.43 Å². The fourth-order valence-corrected chi connectivity index (χ4v) is 2.46. The number of aromatic nitrogens is 3. The zero-order valence-corrected chi connectivity index (χ0v) is 10.8. The summed E-state index contributed by atoms with van der Waals surface area (Å²) >= 11 is 0. The predicted octanol–water partition coefficient (Wildman–Crippen LogP) is 1.84. The molecule has 2 aromatic rings. The van der Waals surface area contributed by atoms with Crippen molar-refractivity contribution in [2.45, 2.75) is 32.1 Å². The second-order valence-corrected chi connectivity index (χ2v) is 4.76. The summed E-state index contributed by atoms with van der Waals surface area (Å²) in [5, 5.41) is 8.46. The van der Waals surface area contributed by atoms with Gasteiger partial charge >= 0.3 is 0 Å². The van der Waals surface area contributed by atoms with Gasteiger partial charge in [0.1, 0.15) is 0 Å². The fourth-order valence-electron chi connectivity index (χ4n) is 2.46. The highest BCUT2D eigenvalue weighted by Gasteiger charge is 2.30. The van der Waals surface area contributed by atoms with Crippen LogP contribution in [0.3, 0.4) is 0 Å². The Bertz CT molecular complexity index is 591. The molecule has 19 heavy (non-hydrogen) atoms. The Morgan fingerprint density at radius 3 is 2.84 bits per heavy atom. The van der Waals surface area contributed by atoms with Gasteiger partial charge in [-0.05, 0) is 12.0 Å². The van der Waals surface area contributed by atoms with Gasteiger partial charge < -0.3 is 0 Å². The molecule has 98 valence electrons. The molecule has 1 amide bonds. The molecule has 2 heterocycles. The minimum Gasteiger partial charge on any atom is -0.273 e. The van der Waals surface area contributed by atoms with E-state index in [2.05, 4.69) is 22.5 Å². The first-order chi connectivity index (χ1) is 9.29. The first kappa shape index (κ1) is 11.9. The summed E-state index contributed by atoms with van der Waals surface area (Å²) in [5.41, 5.74) is 3.95. The number of rotatable bonds is 3. The Balaban J connectivity index is 2.03. The molecule has 0 bridgehead atoms. The van der Waals surface area contributed by atoms with Gasteiger partial charge in [-0.3, -0.25) is 10.2 Å². The molecule has 5 nitrogen and oxygen atoms in total. The van der Waals surface area contributed by atoms with Crippen LogP contribution in [0.25, 0.3) is 0 Å². The number of hydrogen-bond donors (Lipinski definition) is 1. The van der Waals surface area contributed by atoms with Crippen LogP contribution in [0.2, 0.25) is 0 Å². The highest BCUT2D eigenvalue weighted by molar-refractivity contribution is 5.86. The second kappa shape index (κ2) is 4.84. The number of aryl methyl sites for hydroxylation is 1. The summed E-state index contributed by atoms with van der Waals surface area (Å²) in [5.74, 6) is 1.66. The Hall–Kier alpha value is -2.17. The third-order valence-corrected chi connectivity index (χ3v) is 3.37. The van der Waals surface area contributed by atoms with Crippen molar-refractivity contribution in [2.24, 2.45) is 0 Å². The third kappa shape index (κ3) is 2.12. The maximum atomic E-state index is 11.9. The zero-order chi connectivity index (χ0) is 13.2. The van der Waals surface area contributed by atoms with E-state index in [0.29, 0.717) is 6.42 Å². The number of hydrogen-bond acceptors (Lipinski definition) is 3. The van der Waals surface area contributed by atoms with Gasteiger partial charge in [-0.15, -0.1) is 10.2 Å². The predicted molar refractivity (Wildman–Crippen MR) is 71.3 cm³/mol. The van der Waals surface area contributed by atoms with E-state index in [1.54, 1.807) is 4.68 Å².